The molecule has 0 radical (unpaired) electrons. The van der Waals surface area contributed by atoms with Crippen molar-refractivity contribution in [3.63, 3.8) is 0 Å². The molecule has 2 fully saturated rings. The average molecular weight is 403 g/mol. The number of thioether (sulfide) groups is 1. The Bertz CT molecular complexity index is 792. The van der Waals surface area contributed by atoms with E-state index in [2.05, 4.69) is 39.5 Å². The molecule has 1 aromatic heterocycles. The van der Waals surface area contributed by atoms with E-state index in [-0.39, 0.29) is 5.91 Å². The van der Waals surface area contributed by atoms with Crippen LogP contribution in [0, 0.1) is 12.8 Å². The summed E-state index contributed by atoms with van der Waals surface area (Å²) in [6.45, 7) is 2.99. The maximum Gasteiger partial charge on any atom is 0.233 e. The third-order valence-electron chi connectivity index (χ3n) is 5.56. The van der Waals surface area contributed by atoms with Gasteiger partial charge < -0.3 is 10.2 Å². The first kappa shape index (κ1) is 18.7. The van der Waals surface area contributed by atoms with E-state index in [0.29, 0.717) is 11.8 Å². The Hall–Kier alpha value is -1.60. The Balaban J connectivity index is 1.32. The van der Waals surface area contributed by atoms with Crippen LogP contribution in [0.5, 0.6) is 0 Å². The summed E-state index contributed by atoms with van der Waals surface area (Å²) < 4.78 is 0.843. The average Bonchev–Trinajstić information content (AvgIpc) is 3.13. The predicted octanol–water partition coefficient (Wildman–Crippen LogP) is 4.86. The normalized spacial score (nSPS) is 22.3. The van der Waals surface area contributed by atoms with Gasteiger partial charge in [0.15, 0.2) is 4.34 Å². The Morgan fingerprint density at radius 2 is 2.11 bits per heavy atom. The van der Waals surface area contributed by atoms with E-state index in [9.17, 15) is 4.79 Å². The van der Waals surface area contributed by atoms with E-state index in [4.69, 9.17) is 0 Å². The molecule has 0 unspecified atom stereocenters. The number of nitrogens with zero attached hydrogens (tertiary/aromatic N) is 3. The zero-order chi connectivity index (χ0) is 18.6. The third-order valence-corrected chi connectivity index (χ3v) is 7.52. The van der Waals surface area contributed by atoms with Crippen LogP contribution in [0.1, 0.15) is 44.1 Å². The van der Waals surface area contributed by atoms with Crippen molar-refractivity contribution in [1.82, 2.24) is 15.1 Å². The van der Waals surface area contributed by atoms with Crippen molar-refractivity contribution in [1.29, 1.82) is 0 Å². The predicted molar refractivity (Wildman–Crippen MR) is 112 cm³/mol. The molecule has 2 heterocycles. The van der Waals surface area contributed by atoms with Crippen LogP contribution in [-0.2, 0) is 4.79 Å². The summed E-state index contributed by atoms with van der Waals surface area (Å²) in [4.78, 5) is 15.0. The van der Waals surface area contributed by atoms with Crippen molar-refractivity contribution >= 4 is 39.8 Å². The van der Waals surface area contributed by atoms with E-state index in [0.717, 1.165) is 34.0 Å². The highest BCUT2D eigenvalue weighted by Crippen LogP contribution is 2.36. The Kier molecular flexibility index (Phi) is 5.98. The van der Waals surface area contributed by atoms with Gasteiger partial charge in [0.05, 0.1) is 5.75 Å². The van der Waals surface area contributed by atoms with Gasteiger partial charge in [0.2, 0.25) is 11.0 Å². The molecule has 5 nitrogen and oxygen atoms in total. The van der Waals surface area contributed by atoms with Crippen molar-refractivity contribution in [2.75, 3.05) is 17.6 Å². The molecule has 2 aliphatic rings. The molecule has 144 valence electrons. The fourth-order valence-electron chi connectivity index (χ4n) is 4.31. The van der Waals surface area contributed by atoms with Crippen LogP contribution in [0.4, 0.5) is 10.8 Å². The van der Waals surface area contributed by atoms with Crippen molar-refractivity contribution in [2.45, 2.75) is 55.8 Å². The van der Waals surface area contributed by atoms with E-state index in [1.165, 1.54) is 60.8 Å². The number of amides is 1. The number of hydrogen-bond acceptors (Lipinski definition) is 6. The van der Waals surface area contributed by atoms with E-state index in [1.807, 2.05) is 12.1 Å². The van der Waals surface area contributed by atoms with Crippen molar-refractivity contribution in [3.8, 4) is 0 Å². The number of anilines is 2. The van der Waals surface area contributed by atoms with E-state index < -0.39 is 0 Å². The number of piperidine rings is 1. The standard InChI is InChI=1S/C20H26N4OS2/c1-14-6-4-9-16(12-14)21-19-22-23-20(27-19)26-13-18(25)24-11-5-8-15-7-2-3-10-17(15)24/h4,6,9,12,15,17H,2-3,5,7-8,10-11,13H2,1H3,(H,21,22)/t15-,17+/m0/s1. The van der Waals surface area contributed by atoms with Crippen molar-refractivity contribution < 1.29 is 4.79 Å². The number of nitrogens with one attached hydrogen (secondary N) is 1. The maximum absolute atomic E-state index is 12.8. The number of aryl methyl sites for hydroxylation is 1. The number of rotatable bonds is 5. The van der Waals surface area contributed by atoms with Crippen molar-refractivity contribution in [2.24, 2.45) is 5.92 Å². The highest BCUT2D eigenvalue weighted by molar-refractivity contribution is 8.01. The summed E-state index contributed by atoms with van der Waals surface area (Å²) in [6, 6.07) is 8.66. The number of carbonyl (C=O) groups excluding carboxylic acids is 1. The van der Waals surface area contributed by atoms with Crippen LogP contribution < -0.4 is 5.32 Å². The van der Waals surface area contributed by atoms with Gasteiger partial charge in [0, 0.05) is 18.3 Å². The molecular formula is C20H26N4OS2. The summed E-state index contributed by atoms with van der Waals surface area (Å²) in [7, 11) is 0. The molecule has 1 aromatic carbocycles. The summed E-state index contributed by atoms with van der Waals surface area (Å²) in [6.07, 6.45) is 7.53. The molecule has 2 aromatic rings. The number of fused-ring (bicyclic) bond motifs is 1. The molecule has 1 aliphatic heterocycles. The second-order valence-corrected chi connectivity index (χ2v) is 9.70. The van der Waals surface area contributed by atoms with Gasteiger partial charge in [-0.1, -0.05) is 48.1 Å². The molecule has 27 heavy (non-hydrogen) atoms. The van der Waals surface area contributed by atoms with E-state index in [1.54, 1.807) is 0 Å². The second kappa shape index (κ2) is 8.61. The van der Waals surface area contributed by atoms with Gasteiger partial charge in [0.25, 0.3) is 0 Å². The van der Waals surface area contributed by atoms with Crippen LogP contribution in [0.2, 0.25) is 0 Å². The summed E-state index contributed by atoms with van der Waals surface area (Å²) in [5.74, 6) is 1.45. The fourth-order valence-corrected chi connectivity index (χ4v) is 5.96. The van der Waals surface area contributed by atoms with Crippen molar-refractivity contribution in [3.05, 3.63) is 29.8 Å². The Labute approximate surface area is 168 Å². The summed E-state index contributed by atoms with van der Waals surface area (Å²) in [5.41, 5.74) is 2.21. The smallest absolute Gasteiger partial charge is 0.233 e. The molecule has 2 atom stereocenters. The molecule has 4 rings (SSSR count). The highest BCUT2D eigenvalue weighted by atomic mass is 32.2. The quantitative estimate of drug-likeness (QED) is 0.724. The van der Waals surface area contributed by atoms with Crippen LogP contribution >= 0.6 is 23.1 Å². The largest absolute Gasteiger partial charge is 0.339 e. The van der Waals surface area contributed by atoms with Crippen LogP contribution in [0.25, 0.3) is 0 Å². The monoisotopic (exact) mass is 402 g/mol. The Morgan fingerprint density at radius 3 is 3.00 bits per heavy atom. The zero-order valence-electron chi connectivity index (χ0n) is 15.7. The van der Waals surface area contributed by atoms with Crippen LogP contribution in [0.15, 0.2) is 28.6 Å². The minimum Gasteiger partial charge on any atom is -0.339 e. The lowest BCUT2D eigenvalue weighted by Crippen LogP contribution is -2.50. The van der Waals surface area contributed by atoms with Crippen LogP contribution in [-0.4, -0.2) is 39.3 Å². The first-order valence-electron chi connectivity index (χ1n) is 9.78. The maximum atomic E-state index is 12.8. The second-order valence-electron chi connectivity index (χ2n) is 7.50. The van der Waals surface area contributed by atoms with Gasteiger partial charge in [-0.15, -0.1) is 10.2 Å². The summed E-state index contributed by atoms with van der Waals surface area (Å²) >= 11 is 3.01. The molecule has 1 saturated carbocycles. The molecule has 0 bridgehead atoms. The lowest BCUT2D eigenvalue weighted by molar-refractivity contribution is -0.134. The van der Waals surface area contributed by atoms with Gasteiger partial charge in [-0.25, -0.2) is 0 Å². The van der Waals surface area contributed by atoms with Gasteiger partial charge in [-0.05, 0) is 56.2 Å². The first-order chi connectivity index (χ1) is 13.2. The zero-order valence-corrected chi connectivity index (χ0v) is 17.3. The number of hydrogen-bond donors (Lipinski definition) is 1. The molecular weight excluding hydrogens is 376 g/mol. The molecule has 1 N–H and O–H groups in total. The molecule has 7 heteroatoms. The minimum atomic E-state index is 0.264. The first-order valence-corrected chi connectivity index (χ1v) is 11.6. The number of carbonyl (C=O) groups is 1. The molecule has 1 aliphatic carbocycles. The Morgan fingerprint density at radius 1 is 1.26 bits per heavy atom. The lowest BCUT2D eigenvalue weighted by atomic mass is 9.78. The number of benzene rings is 1. The van der Waals surface area contributed by atoms with E-state index >= 15 is 0 Å². The fraction of sp³-hybridized carbons (Fsp3) is 0.550. The van der Waals surface area contributed by atoms with Gasteiger partial charge in [-0.2, -0.15) is 0 Å². The molecule has 1 saturated heterocycles. The number of likely N-dealkylation sites (tertiary alicyclic amines) is 1. The molecule has 1 amide bonds. The SMILES string of the molecule is Cc1cccc(Nc2nnc(SCC(=O)N3CCC[C@@H]4CCCC[C@H]43)s2)c1. The topological polar surface area (TPSA) is 58.1 Å². The number of aromatic nitrogens is 2. The van der Waals surface area contributed by atoms with Gasteiger partial charge in [-0.3, -0.25) is 4.79 Å². The highest BCUT2D eigenvalue weighted by Gasteiger charge is 2.35. The molecule has 0 spiro atoms. The van der Waals surface area contributed by atoms with Gasteiger partial charge >= 0.3 is 0 Å². The third kappa shape index (κ3) is 4.63. The summed E-state index contributed by atoms with van der Waals surface area (Å²) in [5, 5.41) is 12.5. The van der Waals surface area contributed by atoms with Gasteiger partial charge in [0.1, 0.15) is 0 Å². The lowest BCUT2D eigenvalue weighted by Gasteiger charge is -2.44. The minimum absolute atomic E-state index is 0.264. The van der Waals surface area contributed by atoms with Crippen LogP contribution in [0.3, 0.4) is 0 Å².